The van der Waals surface area contributed by atoms with Crippen molar-refractivity contribution in [2.75, 3.05) is 27.3 Å². The van der Waals surface area contributed by atoms with Gasteiger partial charge in [0.15, 0.2) is 0 Å². The summed E-state index contributed by atoms with van der Waals surface area (Å²) < 4.78 is 14.8. The lowest BCUT2D eigenvalue weighted by molar-refractivity contribution is -0.384. The topological polar surface area (TPSA) is 104 Å². The van der Waals surface area contributed by atoms with Crippen molar-refractivity contribution < 1.29 is 14.4 Å². The quantitative estimate of drug-likeness (QED) is 0.0909. The van der Waals surface area contributed by atoms with Crippen molar-refractivity contribution in [2.24, 2.45) is 0 Å². The van der Waals surface area contributed by atoms with Crippen molar-refractivity contribution in [2.45, 2.75) is 25.7 Å². The predicted octanol–water partition coefficient (Wildman–Crippen LogP) is 8.72. The Bertz CT molecular complexity index is 2220. The number of methoxy groups -OCH3 is 2. The lowest BCUT2D eigenvalue weighted by Crippen LogP contribution is -2.46. The summed E-state index contributed by atoms with van der Waals surface area (Å²) in [6, 6.07) is 43.2. The first-order chi connectivity index (χ1) is 27.0. The van der Waals surface area contributed by atoms with Crippen molar-refractivity contribution in [3.05, 3.63) is 173 Å². The average Bonchev–Trinajstić information content (AvgIpc) is 3.86. The molecule has 0 unspecified atom stereocenters. The third kappa shape index (κ3) is 7.61. The fourth-order valence-corrected chi connectivity index (χ4v) is 7.37. The monoisotopic (exact) mass is 731 g/mol. The standard InChI is InChI=1S/C44H41N7O4/c1-54-40-22-16-32(17-23-40)42-35(30-49(45-42)37-10-5-3-6-11-37)28-47-26-9-27-48(44(47)34-14-20-39(21-15-34)51(52)53)29-36-31-50(38-12-7-4-8-13-38)46-43(36)33-18-24-41(55-2)25-19-33/h3-8,10-25,30-31,44H,9,26-29H2,1-2H3. The average molecular weight is 732 g/mol. The lowest BCUT2D eigenvalue weighted by Gasteiger charge is -2.44. The molecule has 1 fully saturated rings. The summed E-state index contributed by atoms with van der Waals surface area (Å²) in [6.07, 6.45) is 4.97. The van der Waals surface area contributed by atoms with E-state index in [0.717, 1.165) is 81.6 Å². The number of nitrogens with zero attached hydrogens (tertiary/aromatic N) is 7. The van der Waals surface area contributed by atoms with Gasteiger partial charge in [-0.25, -0.2) is 9.36 Å². The molecule has 7 aromatic rings. The van der Waals surface area contributed by atoms with Crippen molar-refractivity contribution in [3.63, 3.8) is 0 Å². The van der Waals surface area contributed by atoms with E-state index in [1.54, 1.807) is 26.4 Å². The van der Waals surface area contributed by atoms with E-state index < -0.39 is 0 Å². The van der Waals surface area contributed by atoms with Crippen LogP contribution < -0.4 is 9.47 Å². The van der Waals surface area contributed by atoms with Gasteiger partial charge in [-0.1, -0.05) is 36.4 Å². The molecule has 1 saturated heterocycles. The second kappa shape index (κ2) is 15.8. The van der Waals surface area contributed by atoms with E-state index in [1.807, 2.05) is 131 Å². The lowest BCUT2D eigenvalue weighted by atomic mass is 10.0. The minimum Gasteiger partial charge on any atom is -0.497 e. The van der Waals surface area contributed by atoms with Crippen LogP contribution in [-0.4, -0.2) is 61.6 Å². The SMILES string of the molecule is COc1ccc(-c2nn(-c3ccccc3)cc2CN2CCCN(Cc3cn(-c4ccccc4)nc3-c3ccc(OC)cc3)C2c2ccc([N+](=O)[O-])cc2)cc1. The molecule has 55 heavy (non-hydrogen) atoms. The van der Waals surface area contributed by atoms with Gasteiger partial charge >= 0.3 is 0 Å². The molecule has 2 aromatic heterocycles. The number of para-hydroxylation sites is 2. The molecule has 0 bridgehead atoms. The van der Waals surface area contributed by atoms with E-state index in [2.05, 4.69) is 22.2 Å². The minimum absolute atomic E-state index is 0.0644. The number of hydrogen-bond donors (Lipinski definition) is 0. The number of benzene rings is 5. The normalized spacial score (nSPS) is 13.9. The number of nitro groups is 1. The number of nitro benzene ring substituents is 1. The van der Waals surface area contributed by atoms with Crippen LogP contribution in [0.5, 0.6) is 11.5 Å². The van der Waals surface area contributed by atoms with Gasteiger partial charge in [-0.2, -0.15) is 10.2 Å². The molecule has 0 N–H and O–H groups in total. The predicted molar refractivity (Wildman–Crippen MR) is 212 cm³/mol. The highest BCUT2D eigenvalue weighted by Crippen LogP contribution is 2.37. The highest BCUT2D eigenvalue weighted by Gasteiger charge is 2.33. The molecule has 1 aliphatic heterocycles. The van der Waals surface area contributed by atoms with Crippen LogP contribution in [0.25, 0.3) is 33.9 Å². The Hall–Kier alpha value is -6.56. The van der Waals surface area contributed by atoms with Gasteiger partial charge in [0.25, 0.3) is 5.69 Å². The van der Waals surface area contributed by atoms with Gasteiger partial charge in [0.1, 0.15) is 11.5 Å². The molecule has 0 spiro atoms. The second-order valence-electron chi connectivity index (χ2n) is 13.5. The Labute approximate surface area is 319 Å². The maximum atomic E-state index is 11.7. The van der Waals surface area contributed by atoms with Gasteiger partial charge < -0.3 is 9.47 Å². The van der Waals surface area contributed by atoms with Crippen LogP contribution in [0.1, 0.15) is 29.3 Å². The third-order valence-corrected chi connectivity index (χ3v) is 10.1. The Morgan fingerprint density at radius 3 is 1.45 bits per heavy atom. The third-order valence-electron chi connectivity index (χ3n) is 10.1. The number of rotatable bonds is 12. The molecule has 5 aromatic carbocycles. The maximum absolute atomic E-state index is 11.7. The van der Waals surface area contributed by atoms with E-state index in [4.69, 9.17) is 19.7 Å². The molecule has 8 rings (SSSR count). The first-order valence-electron chi connectivity index (χ1n) is 18.3. The zero-order valence-electron chi connectivity index (χ0n) is 30.7. The zero-order chi connectivity index (χ0) is 37.7. The summed E-state index contributed by atoms with van der Waals surface area (Å²) >= 11 is 0. The summed E-state index contributed by atoms with van der Waals surface area (Å²) in [5.74, 6) is 1.56. The highest BCUT2D eigenvalue weighted by atomic mass is 16.6. The van der Waals surface area contributed by atoms with Gasteiger partial charge in [-0.15, -0.1) is 0 Å². The largest absolute Gasteiger partial charge is 0.497 e. The van der Waals surface area contributed by atoms with Gasteiger partial charge in [0, 0.05) is 73.0 Å². The van der Waals surface area contributed by atoms with E-state index >= 15 is 0 Å². The highest BCUT2D eigenvalue weighted by molar-refractivity contribution is 5.65. The Balaban J connectivity index is 1.20. The van der Waals surface area contributed by atoms with Gasteiger partial charge in [-0.3, -0.25) is 19.9 Å². The van der Waals surface area contributed by atoms with Crippen LogP contribution in [0.2, 0.25) is 0 Å². The van der Waals surface area contributed by atoms with Crippen molar-refractivity contribution in [1.29, 1.82) is 0 Å². The van der Waals surface area contributed by atoms with Gasteiger partial charge in [0.2, 0.25) is 0 Å². The summed E-state index contributed by atoms with van der Waals surface area (Å²) in [6.45, 7) is 2.85. The molecule has 0 atom stereocenters. The fourth-order valence-electron chi connectivity index (χ4n) is 7.37. The fraction of sp³-hybridized carbons (Fsp3) is 0.182. The molecule has 11 nitrogen and oxygen atoms in total. The molecule has 0 aliphatic carbocycles. The number of non-ortho nitro benzene ring substituents is 1. The Morgan fingerprint density at radius 2 is 1.05 bits per heavy atom. The van der Waals surface area contributed by atoms with Crippen LogP contribution in [0.4, 0.5) is 5.69 Å². The zero-order valence-corrected chi connectivity index (χ0v) is 30.7. The molecule has 276 valence electrons. The Morgan fingerprint density at radius 1 is 0.618 bits per heavy atom. The number of hydrogen-bond acceptors (Lipinski definition) is 8. The molecule has 11 heteroatoms. The van der Waals surface area contributed by atoms with Crippen molar-refractivity contribution >= 4 is 5.69 Å². The molecule has 0 amide bonds. The molecule has 3 heterocycles. The van der Waals surface area contributed by atoms with E-state index in [-0.39, 0.29) is 16.8 Å². The van der Waals surface area contributed by atoms with Crippen molar-refractivity contribution in [1.82, 2.24) is 29.4 Å². The molecular weight excluding hydrogens is 691 g/mol. The van der Waals surface area contributed by atoms with Crippen LogP contribution in [0, 0.1) is 10.1 Å². The van der Waals surface area contributed by atoms with Crippen LogP contribution >= 0.6 is 0 Å². The first-order valence-corrected chi connectivity index (χ1v) is 18.3. The molecule has 0 radical (unpaired) electrons. The first kappa shape index (κ1) is 35.5. The molecular formula is C44H41N7O4. The number of aromatic nitrogens is 4. The van der Waals surface area contributed by atoms with E-state index in [9.17, 15) is 10.1 Å². The summed E-state index contributed by atoms with van der Waals surface area (Å²) in [7, 11) is 3.33. The van der Waals surface area contributed by atoms with Crippen LogP contribution in [0.15, 0.2) is 146 Å². The number of ether oxygens (including phenoxy) is 2. The minimum atomic E-state index is -0.349. The van der Waals surface area contributed by atoms with Crippen molar-refractivity contribution in [3.8, 4) is 45.4 Å². The maximum Gasteiger partial charge on any atom is 0.269 e. The second-order valence-corrected chi connectivity index (χ2v) is 13.5. The van der Waals surface area contributed by atoms with E-state index in [0.29, 0.717) is 13.1 Å². The summed E-state index contributed by atoms with van der Waals surface area (Å²) in [4.78, 5) is 16.3. The Kier molecular flexibility index (Phi) is 10.2. The summed E-state index contributed by atoms with van der Waals surface area (Å²) in [5.41, 5.74) is 8.87. The molecule has 0 saturated carbocycles. The molecule has 1 aliphatic rings. The summed E-state index contributed by atoms with van der Waals surface area (Å²) in [5, 5.41) is 21.9. The van der Waals surface area contributed by atoms with Gasteiger partial charge in [0.05, 0.1) is 48.1 Å². The van der Waals surface area contributed by atoms with Crippen LogP contribution in [0.3, 0.4) is 0 Å². The smallest absolute Gasteiger partial charge is 0.269 e. The van der Waals surface area contributed by atoms with Gasteiger partial charge in [-0.05, 0) is 96.9 Å². The van der Waals surface area contributed by atoms with Crippen LogP contribution in [-0.2, 0) is 13.1 Å². The van der Waals surface area contributed by atoms with E-state index in [1.165, 1.54) is 0 Å².